The van der Waals surface area contributed by atoms with Gasteiger partial charge in [0, 0.05) is 44.5 Å². The molecule has 3 heterocycles. The van der Waals surface area contributed by atoms with Crippen LogP contribution in [0.4, 0.5) is 11.8 Å². The number of nitrogens with zero attached hydrogens (tertiary/aromatic N) is 4. The summed E-state index contributed by atoms with van der Waals surface area (Å²) in [7, 11) is 3.22. The Hall–Kier alpha value is -2.91. The Morgan fingerprint density at radius 2 is 2.03 bits per heavy atom. The largest absolute Gasteiger partial charge is 0.493 e. The van der Waals surface area contributed by atoms with Crippen molar-refractivity contribution in [2.45, 2.75) is 12.8 Å². The van der Waals surface area contributed by atoms with E-state index in [1.165, 1.54) is 0 Å². The zero-order valence-corrected chi connectivity index (χ0v) is 17.3. The summed E-state index contributed by atoms with van der Waals surface area (Å²) in [6, 6.07) is 3.71. The van der Waals surface area contributed by atoms with Gasteiger partial charge < -0.3 is 30.0 Å². The number of aromatic nitrogens is 3. The third-order valence-corrected chi connectivity index (χ3v) is 5.44. The molecule has 4 rings (SSSR count). The maximum atomic E-state index is 9.55. The molecular weight excluding hydrogens is 386 g/mol. The highest BCUT2D eigenvalue weighted by Gasteiger charge is 2.23. The van der Waals surface area contributed by atoms with E-state index in [1.807, 2.05) is 12.1 Å². The van der Waals surface area contributed by atoms with Crippen LogP contribution in [-0.2, 0) is 4.74 Å². The molecule has 9 heteroatoms. The molecule has 0 amide bonds. The second-order valence-electron chi connectivity index (χ2n) is 7.43. The van der Waals surface area contributed by atoms with Crippen LogP contribution in [0.5, 0.6) is 11.5 Å². The molecule has 1 atom stereocenters. The second kappa shape index (κ2) is 8.85. The number of hydrogen-bond acceptors (Lipinski definition) is 9. The number of rotatable bonds is 7. The van der Waals surface area contributed by atoms with Gasteiger partial charge in [0.1, 0.15) is 12.4 Å². The number of methoxy groups -OCH3 is 2. The van der Waals surface area contributed by atoms with Crippen molar-refractivity contribution in [2.24, 2.45) is 5.92 Å². The molecule has 1 aromatic carbocycles. The van der Waals surface area contributed by atoms with Crippen LogP contribution in [-0.4, -0.2) is 67.2 Å². The number of fused-ring (bicyclic) bond motifs is 3. The van der Waals surface area contributed by atoms with Gasteiger partial charge in [-0.25, -0.2) is 4.98 Å². The van der Waals surface area contributed by atoms with E-state index >= 15 is 0 Å². The third kappa shape index (κ3) is 3.90. The average molecular weight is 413 g/mol. The quantitative estimate of drug-likeness (QED) is 0.443. The summed E-state index contributed by atoms with van der Waals surface area (Å²) >= 11 is 0. The summed E-state index contributed by atoms with van der Waals surface area (Å²) in [5.74, 6) is 2.36. The normalized spacial score (nSPS) is 16.9. The molecule has 0 bridgehead atoms. The molecule has 160 valence electrons. The Kier molecular flexibility index (Phi) is 6.01. The van der Waals surface area contributed by atoms with Crippen molar-refractivity contribution in [1.82, 2.24) is 15.0 Å². The molecule has 0 aliphatic carbocycles. The number of nitrogens with two attached hydrogens (primary N) is 1. The summed E-state index contributed by atoms with van der Waals surface area (Å²) in [5.41, 5.74) is 7.71. The number of benzene rings is 1. The number of pyridine rings is 1. The first-order valence-electron chi connectivity index (χ1n) is 10.1. The molecule has 0 spiro atoms. The molecule has 1 saturated heterocycles. The average Bonchev–Trinajstić information content (AvgIpc) is 2.78. The number of anilines is 2. The van der Waals surface area contributed by atoms with E-state index in [1.54, 1.807) is 20.4 Å². The first kappa shape index (κ1) is 20.4. The van der Waals surface area contributed by atoms with Crippen molar-refractivity contribution in [3.05, 3.63) is 18.3 Å². The van der Waals surface area contributed by atoms with Gasteiger partial charge in [-0.3, -0.25) is 4.98 Å². The molecule has 30 heavy (non-hydrogen) atoms. The van der Waals surface area contributed by atoms with Crippen molar-refractivity contribution >= 4 is 33.6 Å². The van der Waals surface area contributed by atoms with Gasteiger partial charge in [0.2, 0.25) is 5.95 Å². The molecule has 1 unspecified atom stereocenters. The van der Waals surface area contributed by atoms with Crippen molar-refractivity contribution in [2.75, 3.05) is 57.8 Å². The number of piperidine rings is 1. The lowest BCUT2D eigenvalue weighted by Gasteiger charge is -2.32. The molecular formula is C21H27N5O4. The van der Waals surface area contributed by atoms with Crippen molar-refractivity contribution in [3.63, 3.8) is 0 Å². The second-order valence-corrected chi connectivity index (χ2v) is 7.43. The number of hydrogen-bond donors (Lipinski definition) is 2. The number of aliphatic hydroxyl groups excluding tert-OH is 1. The lowest BCUT2D eigenvalue weighted by molar-refractivity contribution is 0.144. The van der Waals surface area contributed by atoms with Gasteiger partial charge in [0.05, 0.1) is 30.1 Å². The Morgan fingerprint density at radius 1 is 1.17 bits per heavy atom. The molecule has 1 fully saturated rings. The predicted molar refractivity (Wildman–Crippen MR) is 115 cm³/mol. The van der Waals surface area contributed by atoms with Gasteiger partial charge in [0.15, 0.2) is 11.5 Å². The van der Waals surface area contributed by atoms with Crippen LogP contribution in [0.2, 0.25) is 0 Å². The summed E-state index contributed by atoms with van der Waals surface area (Å²) in [6.45, 7) is 2.60. The molecule has 1 aliphatic heterocycles. The first-order chi connectivity index (χ1) is 14.6. The summed E-state index contributed by atoms with van der Waals surface area (Å²) in [4.78, 5) is 16.0. The first-order valence-corrected chi connectivity index (χ1v) is 10.1. The monoisotopic (exact) mass is 413 g/mol. The maximum Gasteiger partial charge on any atom is 0.227 e. The van der Waals surface area contributed by atoms with E-state index in [-0.39, 0.29) is 12.5 Å². The van der Waals surface area contributed by atoms with Gasteiger partial charge in [-0.1, -0.05) is 0 Å². The minimum Gasteiger partial charge on any atom is -0.493 e. The van der Waals surface area contributed by atoms with Gasteiger partial charge in [-0.15, -0.1) is 0 Å². The van der Waals surface area contributed by atoms with E-state index in [4.69, 9.17) is 24.9 Å². The van der Waals surface area contributed by atoms with Gasteiger partial charge in [-0.05, 0) is 24.8 Å². The van der Waals surface area contributed by atoms with E-state index in [9.17, 15) is 5.11 Å². The fraction of sp³-hybridized carbons (Fsp3) is 0.476. The smallest absolute Gasteiger partial charge is 0.227 e. The summed E-state index contributed by atoms with van der Waals surface area (Å²) < 4.78 is 16.4. The van der Waals surface area contributed by atoms with E-state index in [0.29, 0.717) is 48.4 Å². The molecule has 1 aliphatic rings. The van der Waals surface area contributed by atoms with Crippen molar-refractivity contribution < 1.29 is 19.3 Å². The highest BCUT2D eigenvalue weighted by molar-refractivity contribution is 6.07. The Morgan fingerprint density at radius 3 is 2.80 bits per heavy atom. The molecule has 0 saturated carbocycles. The topological polar surface area (TPSA) is 116 Å². The standard InChI is InChI=1S/C21H27N5O4/c1-28-6-7-30-18-9-16-14(8-17(18)29-2)19-15(10-23-16)20(22)25-21(24-19)26-5-3-4-13(11-26)12-27/h8-10,13,27H,3-7,11-12H2,1-2H3,(H2,22,24,25). The van der Waals surface area contributed by atoms with Gasteiger partial charge in [-0.2, -0.15) is 4.98 Å². The third-order valence-electron chi connectivity index (χ3n) is 5.44. The van der Waals surface area contributed by atoms with Crippen LogP contribution in [0.25, 0.3) is 21.8 Å². The fourth-order valence-electron chi connectivity index (χ4n) is 3.83. The van der Waals surface area contributed by atoms with E-state index in [2.05, 4.69) is 14.9 Å². The highest BCUT2D eigenvalue weighted by atomic mass is 16.5. The predicted octanol–water partition coefficient (Wildman–Crippen LogP) is 2.00. The minimum atomic E-state index is 0.162. The summed E-state index contributed by atoms with van der Waals surface area (Å²) in [6.07, 6.45) is 3.68. The Bertz CT molecular complexity index is 1040. The summed E-state index contributed by atoms with van der Waals surface area (Å²) in [5, 5.41) is 11.1. The number of aliphatic hydroxyl groups is 1. The van der Waals surface area contributed by atoms with Crippen molar-refractivity contribution in [1.29, 1.82) is 0 Å². The van der Waals surface area contributed by atoms with Gasteiger partial charge >= 0.3 is 0 Å². The van der Waals surface area contributed by atoms with Crippen LogP contribution >= 0.6 is 0 Å². The van der Waals surface area contributed by atoms with Crippen LogP contribution in [0.15, 0.2) is 18.3 Å². The molecule has 0 radical (unpaired) electrons. The fourth-order valence-corrected chi connectivity index (χ4v) is 3.83. The minimum absolute atomic E-state index is 0.162. The molecule has 2 aromatic heterocycles. The SMILES string of the molecule is COCCOc1cc2ncc3c(N)nc(N4CCCC(CO)C4)nc3c2cc1OC. The molecule has 3 aromatic rings. The van der Waals surface area contributed by atoms with Crippen LogP contribution in [0.1, 0.15) is 12.8 Å². The van der Waals surface area contributed by atoms with E-state index in [0.717, 1.165) is 35.8 Å². The Balaban J connectivity index is 1.80. The Labute approximate surface area is 174 Å². The highest BCUT2D eigenvalue weighted by Crippen LogP contribution is 2.36. The van der Waals surface area contributed by atoms with Crippen LogP contribution < -0.4 is 20.1 Å². The maximum absolute atomic E-state index is 9.55. The number of ether oxygens (including phenoxy) is 3. The zero-order valence-electron chi connectivity index (χ0n) is 17.3. The molecule has 3 N–H and O–H groups in total. The number of nitrogen functional groups attached to an aromatic ring is 1. The van der Waals surface area contributed by atoms with Crippen LogP contribution in [0, 0.1) is 5.92 Å². The molecule has 9 nitrogen and oxygen atoms in total. The van der Waals surface area contributed by atoms with Gasteiger partial charge in [0.25, 0.3) is 0 Å². The van der Waals surface area contributed by atoms with Crippen LogP contribution in [0.3, 0.4) is 0 Å². The van der Waals surface area contributed by atoms with E-state index < -0.39 is 0 Å². The zero-order chi connectivity index (χ0) is 21.1. The lowest BCUT2D eigenvalue weighted by atomic mass is 9.99. The van der Waals surface area contributed by atoms with Crippen molar-refractivity contribution in [3.8, 4) is 11.5 Å². The lowest BCUT2D eigenvalue weighted by Crippen LogP contribution is -2.38.